The first kappa shape index (κ1) is 22.9. The Morgan fingerprint density at radius 1 is 1.37 bits per heavy atom. The number of nitrogens with zero attached hydrogens (tertiary/aromatic N) is 2. The van der Waals surface area contributed by atoms with E-state index in [1.54, 1.807) is 13.8 Å². The number of sulfonamides is 1. The summed E-state index contributed by atoms with van der Waals surface area (Å²) < 4.78 is 77.0. The Morgan fingerprint density at radius 2 is 2.07 bits per heavy atom. The molecule has 8 nitrogen and oxygen atoms in total. The second kappa shape index (κ2) is 8.08. The van der Waals surface area contributed by atoms with Gasteiger partial charge in [0.2, 0.25) is 16.4 Å². The number of halogens is 3. The predicted molar refractivity (Wildman–Crippen MR) is 97.7 cm³/mol. The third kappa shape index (κ3) is 4.94. The number of fused-ring (bicyclic) bond motifs is 1. The Balaban J connectivity index is 1.80. The summed E-state index contributed by atoms with van der Waals surface area (Å²) in [6.45, 7) is 3.04. The van der Waals surface area contributed by atoms with Crippen LogP contribution in [0.25, 0.3) is 0 Å². The minimum Gasteiger partial charge on any atom is -0.348 e. The van der Waals surface area contributed by atoms with Crippen molar-refractivity contribution in [2.24, 2.45) is 0 Å². The van der Waals surface area contributed by atoms with Crippen molar-refractivity contribution in [3.8, 4) is 0 Å². The van der Waals surface area contributed by atoms with Crippen molar-refractivity contribution in [1.82, 2.24) is 9.37 Å². The number of carbonyl (C=O) groups is 1. The van der Waals surface area contributed by atoms with E-state index in [2.05, 4.69) is 0 Å². The van der Waals surface area contributed by atoms with E-state index < -0.39 is 45.4 Å². The third-order valence-corrected chi connectivity index (χ3v) is 7.05. The van der Waals surface area contributed by atoms with Gasteiger partial charge < -0.3 is 9.47 Å². The van der Waals surface area contributed by atoms with E-state index in [9.17, 15) is 31.6 Å². The Kier molecular flexibility index (Phi) is 6.18. The number of alkyl halides is 3. The van der Waals surface area contributed by atoms with Crippen molar-refractivity contribution in [3.63, 3.8) is 0 Å². The fourth-order valence-electron chi connectivity index (χ4n) is 3.60. The van der Waals surface area contributed by atoms with E-state index in [4.69, 9.17) is 9.47 Å². The van der Waals surface area contributed by atoms with Gasteiger partial charge in [-0.1, -0.05) is 6.07 Å². The van der Waals surface area contributed by atoms with Crippen LogP contribution in [-0.4, -0.2) is 66.2 Å². The molecule has 0 radical (unpaired) electrons. The number of amides is 1. The Morgan fingerprint density at radius 3 is 2.63 bits per heavy atom. The Bertz CT molecular complexity index is 906. The van der Waals surface area contributed by atoms with Crippen LogP contribution >= 0.6 is 0 Å². The van der Waals surface area contributed by atoms with Gasteiger partial charge in [-0.3, -0.25) is 10.0 Å². The maximum absolute atomic E-state index is 13.0. The highest BCUT2D eigenvalue weighted by atomic mass is 32.2. The van der Waals surface area contributed by atoms with Crippen LogP contribution in [0.4, 0.5) is 13.2 Å². The van der Waals surface area contributed by atoms with Crippen LogP contribution in [0.1, 0.15) is 30.5 Å². The number of benzene rings is 1. The van der Waals surface area contributed by atoms with Crippen LogP contribution in [0.3, 0.4) is 0 Å². The number of hydroxylamine groups is 2. The van der Waals surface area contributed by atoms with Gasteiger partial charge in [-0.2, -0.15) is 17.5 Å². The summed E-state index contributed by atoms with van der Waals surface area (Å²) in [6, 6.07) is 2.05. The molecule has 12 heteroatoms. The van der Waals surface area contributed by atoms with E-state index in [1.165, 1.54) is 6.07 Å². The highest BCUT2D eigenvalue weighted by Gasteiger charge is 2.43. The molecule has 3 rings (SSSR count). The Hall–Kier alpha value is -1.73. The van der Waals surface area contributed by atoms with Gasteiger partial charge in [0.05, 0.1) is 17.9 Å². The van der Waals surface area contributed by atoms with E-state index >= 15 is 0 Å². The number of rotatable bonds is 6. The fraction of sp³-hybridized carbons (Fsp3) is 0.611. The molecule has 1 saturated heterocycles. The zero-order valence-corrected chi connectivity index (χ0v) is 17.2. The molecule has 1 N–H and O–H groups in total. The van der Waals surface area contributed by atoms with Crippen molar-refractivity contribution in [1.29, 1.82) is 0 Å². The van der Waals surface area contributed by atoms with Crippen LogP contribution < -0.4 is 0 Å². The molecule has 2 aliphatic heterocycles. The van der Waals surface area contributed by atoms with Crippen molar-refractivity contribution in [3.05, 3.63) is 34.9 Å². The molecular weight excluding hydrogens is 429 g/mol. The SMILES string of the molecule is CC1(C)OC[C@H]([C@@H](CS(=O)(=O)N2CCc3ccc(C(F)(F)F)cc3C2)N(O)C=O)O1. The molecule has 2 atom stereocenters. The monoisotopic (exact) mass is 452 g/mol. The molecule has 1 aromatic carbocycles. The largest absolute Gasteiger partial charge is 0.416 e. The lowest BCUT2D eigenvalue weighted by Crippen LogP contribution is -2.50. The lowest BCUT2D eigenvalue weighted by molar-refractivity contribution is -0.182. The van der Waals surface area contributed by atoms with Gasteiger partial charge in [-0.05, 0) is 43.5 Å². The van der Waals surface area contributed by atoms with Crippen LogP contribution in [0, 0.1) is 0 Å². The third-order valence-electron chi connectivity index (χ3n) is 5.19. The minimum absolute atomic E-state index is 0.0319. The zero-order chi connectivity index (χ0) is 22.3. The fourth-order valence-corrected chi connectivity index (χ4v) is 5.32. The van der Waals surface area contributed by atoms with Crippen LogP contribution in [0.5, 0.6) is 0 Å². The van der Waals surface area contributed by atoms with Gasteiger partial charge in [0.15, 0.2) is 5.79 Å². The molecule has 1 fully saturated rings. The molecule has 1 amide bonds. The van der Waals surface area contributed by atoms with Gasteiger partial charge in [-0.25, -0.2) is 13.5 Å². The summed E-state index contributed by atoms with van der Waals surface area (Å²) in [6.07, 6.45) is -5.09. The van der Waals surface area contributed by atoms with Crippen molar-refractivity contribution in [2.45, 2.75) is 50.9 Å². The van der Waals surface area contributed by atoms with Crippen molar-refractivity contribution in [2.75, 3.05) is 18.9 Å². The average Bonchev–Trinajstić information content (AvgIpc) is 3.03. The summed E-state index contributed by atoms with van der Waals surface area (Å²) in [5.74, 6) is -1.67. The maximum Gasteiger partial charge on any atom is 0.416 e. The summed E-state index contributed by atoms with van der Waals surface area (Å²) >= 11 is 0. The van der Waals surface area contributed by atoms with Crippen LogP contribution in [0.2, 0.25) is 0 Å². The first-order valence-corrected chi connectivity index (χ1v) is 10.8. The maximum atomic E-state index is 13.0. The second-order valence-corrected chi connectivity index (χ2v) is 9.78. The summed E-state index contributed by atoms with van der Waals surface area (Å²) in [5, 5.41) is 10.1. The van der Waals surface area contributed by atoms with Gasteiger partial charge in [0, 0.05) is 13.1 Å². The molecular formula is C18H23F3N2O6S. The number of hydrogen-bond donors (Lipinski definition) is 1. The van der Waals surface area contributed by atoms with Crippen molar-refractivity contribution >= 4 is 16.4 Å². The second-order valence-electron chi connectivity index (χ2n) is 7.76. The molecule has 30 heavy (non-hydrogen) atoms. The standard InChI is InChI=1S/C18H23F3N2O6S/c1-17(2)28-9-16(29-17)15(23(25)11-24)10-30(26,27)22-6-5-12-3-4-14(18(19,20)21)7-13(12)8-22/h3-4,7,11,15-16,25H,5-6,8-10H2,1-2H3/t15-,16-/m1/s1. The van der Waals surface area contributed by atoms with Crippen molar-refractivity contribution < 1.29 is 41.1 Å². The summed E-state index contributed by atoms with van der Waals surface area (Å²) in [5.41, 5.74) is 0.0746. The molecule has 0 aromatic heterocycles. The number of carbonyl (C=O) groups excluding carboxylic acids is 1. The summed E-state index contributed by atoms with van der Waals surface area (Å²) in [7, 11) is -4.05. The van der Waals surface area contributed by atoms with E-state index in [0.717, 1.165) is 16.4 Å². The smallest absolute Gasteiger partial charge is 0.348 e. The molecule has 0 bridgehead atoms. The average molecular weight is 452 g/mol. The van der Waals surface area contributed by atoms with E-state index in [0.29, 0.717) is 5.56 Å². The molecule has 2 aliphatic rings. The topological polar surface area (TPSA) is 96.4 Å². The lowest BCUT2D eigenvalue weighted by Gasteiger charge is -2.32. The molecule has 0 unspecified atom stereocenters. The Labute approximate surface area is 172 Å². The molecule has 0 spiro atoms. The summed E-state index contributed by atoms with van der Waals surface area (Å²) in [4.78, 5) is 11.1. The quantitative estimate of drug-likeness (QED) is 0.402. The van der Waals surface area contributed by atoms with Crippen LogP contribution in [-0.2, 0) is 43.4 Å². The van der Waals surface area contributed by atoms with Gasteiger partial charge in [0.25, 0.3) is 0 Å². The van der Waals surface area contributed by atoms with Gasteiger partial charge in [0.1, 0.15) is 12.1 Å². The van der Waals surface area contributed by atoms with Gasteiger partial charge in [-0.15, -0.1) is 0 Å². The lowest BCUT2D eigenvalue weighted by atomic mass is 9.98. The minimum atomic E-state index is -4.53. The van der Waals surface area contributed by atoms with Gasteiger partial charge >= 0.3 is 6.18 Å². The molecule has 0 saturated carbocycles. The number of ether oxygens (including phenoxy) is 2. The predicted octanol–water partition coefficient (Wildman–Crippen LogP) is 1.76. The number of hydrogen-bond acceptors (Lipinski definition) is 6. The van der Waals surface area contributed by atoms with E-state index in [-0.39, 0.29) is 43.2 Å². The highest BCUT2D eigenvalue weighted by molar-refractivity contribution is 7.89. The first-order chi connectivity index (χ1) is 13.8. The highest BCUT2D eigenvalue weighted by Crippen LogP contribution is 2.33. The normalized spacial score (nSPS) is 23.1. The molecule has 2 heterocycles. The molecule has 1 aromatic rings. The molecule has 168 valence electrons. The first-order valence-electron chi connectivity index (χ1n) is 9.23. The van der Waals surface area contributed by atoms with Crippen LogP contribution in [0.15, 0.2) is 18.2 Å². The molecule has 0 aliphatic carbocycles. The zero-order valence-electron chi connectivity index (χ0n) is 16.4. The van der Waals surface area contributed by atoms with E-state index in [1.807, 2.05) is 0 Å².